The number of unbranched alkanes of at least 4 members (excludes halogenated alkanes) is 3. The Kier molecular flexibility index (Phi) is 35.0. The largest absolute Gasteiger partial charge is 0.481 e. The van der Waals surface area contributed by atoms with Gasteiger partial charge in [-0.25, -0.2) is 0 Å². The van der Waals surface area contributed by atoms with Crippen molar-refractivity contribution in [1.29, 1.82) is 5.41 Å². The summed E-state index contributed by atoms with van der Waals surface area (Å²) < 4.78 is 0. The third kappa shape index (κ3) is 27.1. The minimum atomic E-state index is -1.93. The fourth-order valence-corrected chi connectivity index (χ4v) is 13.9. The highest BCUT2D eigenvalue weighted by Gasteiger charge is 2.39. The van der Waals surface area contributed by atoms with Gasteiger partial charge in [0.15, 0.2) is 5.96 Å². The van der Waals surface area contributed by atoms with E-state index in [1.165, 1.54) is 0 Å². The molecule has 0 bridgehead atoms. The molecule has 6 aromatic rings. The number of fused-ring (bicyclic) bond motifs is 3. The third-order valence-corrected chi connectivity index (χ3v) is 20.7. The Morgan fingerprint density at radius 1 is 0.509 bits per heavy atom. The van der Waals surface area contributed by atoms with Gasteiger partial charge in [0.1, 0.15) is 66.5 Å². The highest BCUT2D eigenvalue weighted by Crippen LogP contribution is 2.24. The standard InChI is InChI=1S/C79H108N18O16S/c1-7-10-12-27-54-70(105)93-60(36-65(101)102)74(109)92-58(34-48-37-84-52-25-17-15-22-50(48)52)73(108)90-55(24-11-8-2)71(106)89-56(28-19-31-83-79(81)82)72(107)91-59(35-49-38-85-53-26-18-16-23-51(49)53)76(111)96-66(43(4)5)77(112)95-62(68(80)103)41-114-42-64(100)88-57(33-45-29-30-46-20-13-14-21-47(46)32-45)75(110)97-67(44(6)9-3)78(113)94-61(40-98)69(104)86-39-63(99)87-54/h13-18,20-23,25-26,29-30,32,37-38,43-44,54-62,66-67,84-85,98H,7-12,19,24,27-28,31,33-36,39-42H2,1-6H3,(H2,80,103)(H,86,104)(H,87,99)(H,88,100)(H,89,106)(H,90,108)(H,91,107)(H,92,109)(H,93,105)(H,94,113)(H,95,112)(H,96,111)(H,97,110)(H,101,102)(H4,81,82,83)/t44-,54-,55-,56+,57-,58-,59-,60-,61+,62-,66-,67+/m0/s1. The van der Waals surface area contributed by atoms with Crippen molar-refractivity contribution < 1.29 is 77.3 Å². The molecule has 0 aliphatic carbocycles. The Bertz CT molecular complexity index is 4400. The highest BCUT2D eigenvalue weighted by molar-refractivity contribution is 8.00. The van der Waals surface area contributed by atoms with Gasteiger partial charge in [-0.2, -0.15) is 0 Å². The van der Waals surface area contributed by atoms with E-state index < -0.39 is 192 Å². The van der Waals surface area contributed by atoms with Gasteiger partial charge in [0, 0.05) is 65.8 Å². The van der Waals surface area contributed by atoms with E-state index in [1.807, 2.05) is 50.2 Å². The quantitative estimate of drug-likeness (QED) is 0.0225. The highest BCUT2D eigenvalue weighted by atomic mass is 32.2. The third-order valence-electron chi connectivity index (χ3n) is 19.7. The zero-order valence-corrected chi connectivity index (χ0v) is 65.7. The molecule has 2 aromatic heterocycles. The molecule has 1 saturated heterocycles. The molecule has 0 saturated carbocycles. The second-order valence-electron chi connectivity index (χ2n) is 28.8. The summed E-state index contributed by atoms with van der Waals surface area (Å²) in [6.07, 6.45) is 3.96. The van der Waals surface area contributed by atoms with E-state index in [9.17, 15) is 58.2 Å². The van der Waals surface area contributed by atoms with Crippen molar-refractivity contribution in [3.8, 4) is 0 Å². The molecule has 12 atom stereocenters. The van der Waals surface area contributed by atoms with Crippen molar-refractivity contribution in [2.45, 2.75) is 198 Å². The molecule has 1 aliphatic heterocycles. The van der Waals surface area contributed by atoms with Crippen LogP contribution in [0.3, 0.4) is 0 Å². The molecule has 0 radical (unpaired) electrons. The van der Waals surface area contributed by atoms with Gasteiger partial charge >= 0.3 is 5.97 Å². The van der Waals surface area contributed by atoms with E-state index in [-0.39, 0.29) is 63.7 Å². The number of thioether (sulfide) groups is 1. The van der Waals surface area contributed by atoms with Gasteiger partial charge in [-0.1, -0.05) is 159 Å². The average Bonchev–Trinajstić information content (AvgIpc) is 1.49. The zero-order chi connectivity index (χ0) is 83.1. The fourth-order valence-electron chi connectivity index (χ4n) is 13.1. The number of carboxylic acids is 1. The number of hydrogen-bond acceptors (Lipinski definition) is 17. The Labute approximate surface area is 664 Å². The molecule has 22 N–H and O–H groups in total. The summed E-state index contributed by atoms with van der Waals surface area (Å²) in [6.45, 7) is 8.45. The van der Waals surface area contributed by atoms with Crippen LogP contribution in [0.4, 0.5) is 0 Å². The Hall–Kier alpha value is -11.6. The van der Waals surface area contributed by atoms with E-state index in [0.717, 1.165) is 22.5 Å². The lowest BCUT2D eigenvalue weighted by Gasteiger charge is -2.29. The molecule has 35 heteroatoms. The number of benzene rings is 4. The number of carbonyl (C=O) groups is 14. The van der Waals surface area contributed by atoms with Crippen molar-refractivity contribution in [2.75, 3.05) is 31.2 Å². The maximum absolute atomic E-state index is 15.1. The van der Waals surface area contributed by atoms with Crippen molar-refractivity contribution in [3.63, 3.8) is 0 Å². The van der Waals surface area contributed by atoms with E-state index in [2.05, 4.69) is 79.1 Å². The van der Waals surface area contributed by atoms with Crippen LogP contribution in [0, 0.1) is 17.2 Å². The number of hydrogen-bond donors (Lipinski definition) is 20. The number of aliphatic carboxylic acids is 1. The fraction of sp³-hybridized carbons (Fsp3) is 0.481. The number of carbonyl (C=O) groups excluding carboxylic acids is 13. The van der Waals surface area contributed by atoms with Crippen molar-refractivity contribution in [2.24, 2.45) is 23.3 Å². The first-order valence-electron chi connectivity index (χ1n) is 38.5. The van der Waals surface area contributed by atoms with Crippen molar-refractivity contribution in [3.05, 3.63) is 120 Å². The predicted molar refractivity (Wildman–Crippen MR) is 429 cm³/mol. The van der Waals surface area contributed by atoms with Crippen LogP contribution in [0.5, 0.6) is 0 Å². The summed E-state index contributed by atoms with van der Waals surface area (Å²) in [5.74, 6) is -16.4. The summed E-state index contributed by atoms with van der Waals surface area (Å²) in [5, 5.41) is 65.7. The maximum atomic E-state index is 15.1. The molecule has 4 aromatic carbocycles. The molecule has 34 nitrogen and oxygen atoms in total. The van der Waals surface area contributed by atoms with Crippen LogP contribution in [0.15, 0.2) is 103 Å². The van der Waals surface area contributed by atoms with Gasteiger partial charge < -0.3 is 101 Å². The first kappa shape index (κ1) is 89.6. The topological polar surface area (TPSA) is 543 Å². The summed E-state index contributed by atoms with van der Waals surface area (Å²) in [5.41, 5.74) is 14.5. The van der Waals surface area contributed by atoms with E-state index >= 15 is 19.2 Å². The van der Waals surface area contributed by atoms with Crippen LogP contribution in [-0.4, -0.2) is 207 Å². The van der Waals surface area contributed by atoms with Crippen LogP contribution >= 0.6 is 11.8 Å². The molecular weight excluding hydrogens is 1490 g/mol. The number of guanidine groups is 1. The number of nitrogens with two attached hydrogens (primary N) is 2. The number of primary amides is 1. The minimum absolute atomic E-state index is 0.0271. The van der Waals surface area contributed by atoms with Gasteiger partial charge in [0.2, 0.25) is 76.8 Å². The van der Waals surface area contributed by atoms with Gasteiger partial charge in [0.25, 0.3) is 0 Å². The van der Waals surface area contributed by atoms with Crippen molar-refractivity contribution in [1.82, 2.24) is 79.1 Å². The number of para-hydroxylation sites is 2. The van der Waals surface area contributed by atoms with Crippen molar-refractivity contribution >= 4 is 133 Å². The molecule has 1 aliphatic rings. The number of rotatable bonds is 24. The predicted octanol–water partition coefficient (Wildman–Crippen LogP) is 0.714. The average molecular weight is 1600 g/mol. The first-order valence-corrected chi connectivity index (χ1v) is 39.6. The minimum Gasteiger partial charge on any atom is -0.481 e. The summed E-state index contributed by atoms with van der Waals surface area (Å²) in [4.78, 5) is 207. The van der Waals surface area contributed by atoms with Gasteiger partial charge in [0.05, 0.1) is 25.3 Å². The summed E-state index contributed by atoms with van der Waals surface area (Å²) in [6, 6.07) is 10.0. The molecule has 3 heterocycles. The lowest BCUT2D eigenvalue weighted by atomic mass is 9.96. The monoisotopic (exact) mass is 1600 g/mol. The van der Waals surface area contributed by atoms with Crippen LogP contribution in [-0.2, 0) is 86.4 Å². The van der Waals surface area contributed by atoms with E-state index in [4.69, 9.17) is 16.9 Å². The number of aromatic nitrogens is 2. The van der Waals surface area contributed by atoms with E-state index in [0.29, 0.717) is 70.6 Å². The molecule has 7 rings (SSSR count). The number of H-pyrrole nitrogens is 2. The maximum Gasteiger partial charge on any atom is 0.305 e. The van der Waals surface area contributed by atoms with Crippen LogP contribution in [0.2, 0.25) is 0 Å². The Morgan fingerprint density at radius 2 is 0.982 bits per heavy atom. The van der Waals surface area contributed by atoms with Gasteiger partial charge in [-0.05, 0) is 77.1 Å². The molecule has 1 fully saturated rings. The van der Waals surface area contributed by atoms with Crippen LogP contribution < -0.4 is 80.6 Å². The molecule has 616 valence electrons. The number of amides is 13. The number of aliphatic hydroxyl groups is 1. The van der Waals surface area contributed by atoms with Crippen LogP contribution in [0.25, 0.3) is 32.6 Å². The zero-order valence-electron chi connectivity index (χ0n) is 64.9. The van der Waals surface area contributed by atoms with Gasteiger partial charge in [-0.15, -0.1) is 11.8 Å². The second kappa shape index (κ2) is 44.6. The summed E-state index contributed by atoms with van der Waals surface area (Å²) >= 11 is 0.863. The number of aliphatic hydroxyl groups excluding tert-OH is 1. The number of carboxylic acid groups (broad SMARTS) is 1. The lowest BCUT2D eigenvalue weighted by molar-refractivity contribution is -0.141. The summed E-state index contributed by atoms with van der Waals surface area (Å²) in [7, 11) is 0. The molecule has 0 spiro atoms. The molecule has 0 unspecified atom stereocenters. The van der Waals surface area contributed by atoms with E-state index in [1.54, 1.807) is 94.7 Å². The smallest absolute Gasteiger partial charge is 0.305 e. The number of aromatic amines is 2. The SMILES string of the molecule is CCCCC[C@@H]1NC(=O)CNC(=O)[C@@H](CO)NC(=O)[C@@H]([C@@H](C)CC)NC(=O)[C@H](Cc2ccc3ccccc3c2)NC(=O)CSC[C@@H](C(N)=O)NC(=O)[C@H](C(C)C)NC(=O)[C@H](Cc2c[nH]c3ccccc23)NC(=O)[C@@H](CCCNC(=N)N)NC(=O)[C@H](CCCC)NC(=O)[C@H](Cc2c[nH]c3ccccc23)NC(=O)[C@H](CC(=O)O)NC1=O. The Morgan fingerprint density at radius 3 is 1.54 bits per heavy atom. The van der Waals surface area contributed by atoms with Crippen LogP contribution in [0.1, 0.15) is 129 Å². The van der Waals surface area contributed by atoms with Gasteiger partial charge in [-0.3, -0.25) is 72.5 Å². The molecule has 13 amide bonds. The number of nitrogens with one attached hydrogen (secondary N) is 16. The normalized spacial score (nSPS) is 22.9. The molecular formula is C79H108N18O16S. The second-order valence-corrected chi connectivity index (χ2v) is 29.9. The lowest BCUT2D eigenvalue weighted by Crippen LogP contribution is -2.61. The molecule has 114 heavy (non-hydrogen) atoms. The first-order chi connectivity index (χ1) is 54.5. The Balaban J connectivity index is 1.27.